The van der Waals surface area contributed by atoms with Crippen molar-refractivity contribution in [2.75, 3.05) is 22.4 Å². The van der Waals surface area contributed by atoms with Crippen molar-refractivity contribution >= 4 is 49.1 Å². The monoisotopic (exact) mass is 463 g/mol. The molecular weight excluding hydrogens is 438 g/mol. The van der Waals surface area contributed by atoms with E-state index >= 15 is 0 Å². The number of aryl methyl sites for hydroxylation is 2. The fraction of sp³-hybridized carbons (Fsp3) is 0.240. The number of nitrogens with zero attached hydrogens (tertiary/aromatic N) is 2. The number of amides is 1. The molecule has 0 fully saturated rings. The highest BCUT2D eigenvalue weighted by Gasteiger charge is 2.35. The molecule has 1 unspecified atom stereocenters. The van der Waals surface area contributed by atoms with Crippen LogP contribution < -0.4 is 14.4 Å². The van der Waals surface area contributed by atoms with Crippen molar-refractivity contribution in [3.63, 3.8) is 0 Å². The maximum absolute atomic E-state index is 13.1. The molecular formula is C25H25N3O4S. The molecule has 0 bridgehead atoms. The summed E-state index contributed by atoms with van der Waals surface area (Å²) in [6, 6.07) is 19.3. The van der Waals surface area contributed by atoms with Crippen LogP contribution in [0.25, 0.3) is 21.8 Å². The highest BCUT2D eigenvalue weighted by Crippen LogP contribution is 2.36. The van der Waals surface area contributed by atoms with E-state index in [0.29, 0.717) is 17.1 Å². The van der Waals surface area contributed by atoms with Gasteiger partial charge in [-0.25, -0.2) is 8.42 Å². The van der Waals surface area contributed by atoms with E-state index in [9.17, 15) is 13.2 Å². The maximum atomic E-state index is 13.1. The Bertz CT molecular complexity index is 1510. The van der Waals surface area contributed by atoms with Gasteiger partial charge < -0.3 is 14.6 Å². The van der Waals surface area contributed by atoms with Gasteiger partial charge in [0.2, 0.25) is 10.0 Å². The van der Waals surface area contributed by atoms with Crippen molar-refractivity contribution in [3.8, 4) is 5.75 Å². The summed E-state index contributed by atoms with van der Waals surface area (Å²) < 4.78 is 34.2. The third-order valence-electron chi connectivity index (χ3n) is 6.03. The molecule has 5 rings (SSSR count). The number of hydrogen-bond acceptors (Lipinski definition) is 4. The van der Waals surface area contributed by atoms with Gasteiger partial charge in [-0.05, 0) is 55.8 Å². The third kappa shape index (κ3) is 3.70. The van der Waals surface area contributed by atoms with E-state index in [4.69, 9.17) is 4.74 Å². The Morgan fingerprint density at radius 1 is 1.06 bits per heavy atom. The van der Waals surface area contributed by atoms with Gasteiger partial charge in [0.25, 0.3) is 5.91 Å². The number of fused-ring (bicyclic) bond motifs is 4. The summed E-state index contributed by atoms with van der Waals surface area (Å²) >= 11 is 0. The summed E-state index contributed by atoms with van der Waals surface area (Å²) in [7, 11) is -3.58. The molecule has 7 nitrogen and oxygen atoms in total. The van der Waals surface area contributed by atoms with Crippen LogP contribution in [0, 0.1) is 6.92 Å². The molecule has 1 aliphatic heterocycles. The van der Waals surface area contributed by atoms with Crippen LogP contribution in [0.1, 0.15) is 12.5 Å². The first kappa shape index (κ1) is 21.3. The van der Waals surface area contributed by atoms with Gasteiger partial charge in [0.1, 0.15) is 5.75 Å². The highest BCUT2D eigenvalue weighted by atomic mass is 32.2. The number of ether oxygens (including phenoxy) is 1. The van der Waals surface area contributed by atoms with Crippen LogP contribution in [-0.2, 0) is 21.4 Å². The van der Waals surface area contributed by atoms with E-state index in [0.717, 1.165) is 40.2 Å². The van der Waals surface area contributed by atoms with Gasteiger partial charge >= 0.3 is 0 Å². The number of hydrogen-bond donors (Lipinski definition) is 1. The molecule has 0 aliphatic carbocycles. The largest absolute Gasteiger partial charge is 0.476 e. The SMILES string of the molecule is CCn1c2ccccc2c2cc(NC(=O)C3CN(S(C)(=O)=O)c4cc(C)ccc4O3)ccc21. The van der Waals surface area contributed by atoms with Gasteiger partial charge in [0.15, 0.2) is 6.10 Å². The summed E-state index contributed by atoms with van der Waals surface area (Å²) in [5.41, 5.74) is 4.24. The molecule has 1 aromatic heterocycles. The lowest BCUT2D eigenvalue weighted by atomic mass is 10.1. The molecule has 0 saturated heterocycles. The predicted molar refractivity (Wildman–Crippen MR) is 132 cm³/mol. The first-order valence-corrected chi connectivity index (χ1v) is 12.7. The first-order chi connectivity index (χ1) is 15.8. The van der Waals surface area contributed by atoms with Gasteiger partial charge in [-0.3, -0.25) is 9.10 Å². The fourth-order valence-corrected chi connectivity index (χ4v) is 5.41. The van der Waals surface area contributed by atoms with E-state index in [1.165, 1.54) is 4.31 Å². The summed E-state index contributed by atoms with van der Waals surface area (Å²) in [6.45, 7) is 4.74. The van der Waals surface area contributed by atoms with Crippen molar-refractivity contribution in [1.82, 2.24) is 4.57 Å². The van der Waals surface area contributed by atoms with Gasteiger partial charge in [0.05, 0.1) is 18.5 Å². The van der Waals surface area contributed by atoms with Crippen molar-refractivity contribution in [1.29, 1.82) is 0 Å². The van der Waals surface area contributed by atoms with Gasteiger partial charge in [-0.15, -0.1) is 0 Å². The van der Waals surface area contributed by atoms with E-state index in [2.05, 4.69) is 28.9 Å². The number of nitrogens with one attached hydrogen (secondary N) is 1. The Balaban J connectivity index is 1.47. The molecule has 2 heterocycles. The number of carbonyl (C=O) groups is 1. The second kappa shape index (κ2) is 7.81. The molecule has 3 aromatic carbocycles. The summed E-state index contributed by atoms with van der Waals surface area (Å²) in [5.74, 6) is -0.0210. The molecule has 1 amide bonds. The second-order valence-electron chi connectivity index (χ2n) is 8.35. The summed E-state index contributed by atoms with van der Waals surface area (Å²) in [5, 5.41) is 5.08. The lowest BCUT2D eigenvalue weighted by Gasteiger charge is -2.34. The van der Waals surface area contributed by atoms with Crippen molar-refractivity contribution in [2.45, 2.75) is 26.5 Å². The number of benzene rings is 3. The zero-order chi connectivity index (χ0) is 23.3. The fourth-order valence-electron chi connectivity index (χ4n) is 4.51. The van der Waals surface area contributed by atoms with Crippen LogP contribution in [-0.4, -0.2) is 37.8 Å². The topological polar surface area (TPSA) is 80.6 Å². The molecule has 33 heavy (non-hydrogen) atoms. The standard InChI is InChI=1S/C25H25N3O4S/c1-4-27-20-8-6-5-7-18(20)19-14-17(10-11-21(19)27)26-25(29)24-15-28(33(3,30)31)22-13-16(2)9-12-23(22)32-24/h5-14,24H,4,15H2,1-3H3,(H,26,29). The van der Waals surface area contributed by atoms with E-state index < -0.39 is 22.0 Å². The number of aromatic nitrogens is 1. The number of anilines is 2. The molecule has 1 aliphatic rings. The molecule has 4 aromatic rings. The van der Waals surface area contributed by atoms with Crippen molar-refractivity contribution in [2.24, 2.45) is 0 Å². The zero-order valence-electron chi connectivity index (χ0n) is 18.7. The number of sulfonamides is 1. The first-order valence-electron chi connectivity index (χ1n) is 10.8. The van der Waals surface area contributed by atoms with Crippen LogP contribution in [0.5, 0.6) is 5.75 Å². The Morgan fingerprint density at radius 2 is 1.82 bits per heavy atom. The molecule has 0 radical (unpaired) electrons. The van der Waals surface area contributed by atoms with Crippen LogP contribution >= 0.6 is 0 Å². The molecule has 8 heteroatoms. The smallest absolute Gasteiger partial charge is 0.267 e. The lowest BCUT2D eigenvalue weighted by molar-refractivity contribution is -0.122. The van der Waals surface area contributed by atoms with Crippen molar-refractivity contribution in [3.05, 3.63) is 66.2 Å². The average Bonchev–Trinajstić information content (AvgIpc) is 3.10. The Labute approximate surface area is 192 Å². The number of carbonyl (C=O) groups excluding carboxylic acids is 1. The molecule has 1 N–H and O–H groups in total. The van der Waals surface area contributed by atoms with Crippen LogP contribution in [0.15, 0.2) is 60.7 Å². The second-order valence-corrected chi connectivity index (χ2v) is 10.3. The molecule has 0 saturated carbocycles. The molecule has 170 valence electrons. The van der Waals surface area contributed by atoms with Crippen LogP contribution in [0.4, 0.5) is 11.4 Å². The minimum Gasteiger partial charge on any atom is -0.476 e. The maximum Gasteiger partial charge on any atom is 0.267 e. The van der Waals surface area contributed by atoms with Gasteiger partial charge in [-0.2, -0.15) is 0 Å². The summed E-state index contributed by atoms with van der Waals surface area (Å²) in [4.78, 5) is 13.1. The quantitative estimate of drug-likeness (QED) is 0.490. The summed E-state index contributed by atoms with van der Waals surface area (Å²) in [6.07, 6.45) is 0.166. The van der Waals surface area contributed by atoms with E-state index in [-0.39, 0.29) is 6.54 Å². The minimum absolute atomic E-state index is 0.0848. The third-order valence-corrected chi connectivity index (χ3v) is 7.18. The van der Waals surface area contributed by atoms with E-state index in [1.54, 1.807) is 12.1 Å². The molecule has 0 spiro atoms. The average molecular weight is 464 g/mol. The van der Waals surface area contributed by atoms with Crippen LogP contribution in [0.3, 0.4) is 0 Å². The van der Waals surface area contributed by atoms with Crippen molar-refractivity contribution < 1.29 is 17.9 Å². The number of para-hydroxylation sites is 1. The normalized spacial score (nSPS) is 16.0. The number of rotatable bonds is 4. The van der Waals surface area contributed by atoms with E-state index in [1.807, 2.05) is 43.3 Å². The Hall–Kier alpha value is -3.52. The highest BCUT2D eigenvalue weighted by molar-refractivity contribution is 7.92. The Morgan fingerprint density at radius 3 is 2.58 bits per heavy atom. The minimum atomic E-state index is -3.58. The predicted octanol–water partition coefficient (Wildman–Crippen LogP) is 4.29. The molecule has 1 atom stereocenters. The van der Waals surface area contributed by atoms with Crippen LogP contribution in [0.2, 0.25) is 0 Å². The lowest BCUT2D eigenvalue weighted by Crippen LogP contribution is -2.48. The van der Waals surface area contributed by atoms with Gasteiger partial charge in [-0.1, -0.05) is 24.3 Å². The van der Waals surface area contributed by atoms with Gasteiger partial charge in [0, 0.05) is 34.0 Å². The Kier molecular flexibility index (Phi) is 5.05. The zero-order valence-corrected chi connectivity index (χ0v) is 19.5.